The predicted octanol–water partition coefficient (Wildman–Crippen LogP) is 1.70. The van der Waals surface area contributed by atoms with Gasteiger partial charge in [-0.1, -0.05) is 13.8 Å². The van der Waals surface area contributed by atoms with Gasteiger partial charge in [0.1, 0.15) is 5.54 Å². The summed E-state index contributed by atoms with van der Waals surface area (Å²) in [6.07, 6.45) is 4.09. The molecule has 1 unspecified atom stereocenters. The van der Waals surface area contributed by atoms with Crippen LogP contribution in [0.4, 0.5) is 0 Å². The summed E-state index contributed by atoms with van der Waals surface area (Å²) in [5.74, 6) is 0.0968. The average Bonchev–Trinajstić information content (AvgIpc) is 3.23. The highest BCUT2D eigenvalue weighted by Crippen LogP contribution is 2.41. The summed E-state index contributed by atoms with van der Waals surface area (Å²) in [4.78, 5) is 12.2. The van der Waals surface area contributed by atoms with Gasteiger partial charge in [-0.25, -0.2) is 0 Å². The molecule has 1 aliphatic carbocycles. The maximum atomic E-state index is 12.2. The Morgan fingerprint density at radius 3 is 2.52 bits per heavy atom. The van der Waals surface area contributed by atoms with Crippen molar-refractivity contribution in [3.05, 3.63) is 17.0 Å². The van der Waals surface area contributed by atoms with Gasteiger partial charge in [0, 0.05) is 5.69 Å². The van der Waals surface area contributed by atoms with Gasteiger partial charge >= 0.3 is 0 Å². The topological polar surface area (TPSA) is 72.9 Å². The number of hydrogen-bond donors (Lipinski definition) is 2. The summed E-state index contributed by atoms with van der Waals surface area (Å²) in [7, 11) is 0. The van der Waals surface area contributed by atoms with Crippen LogP contribution in [0, 0.1) is 19.8 Å². The lowest BCUT2D eigenvalue weighted by Gasteiger charge is -2.32. The second-order valence-corrected chi connectivity index (χ2v) is 6.20. The molecule has 0 radical (unpaired) electrons. The molecule has 1 amide bonds. The molecule has 0 spiro atoms. The zero-order valence-electron chi connectivity index (χ0n) is 13.7. The van der Waals surface area contributed by atoms with Crippen molar-refractivity contribution in [3.8, 4) is 0 Å². The van der Waals surface area contributed by atoms with Crippen molar-refractivity contribution >= 4 is 5.91 Å². The van der Waals surface area contributed by atoms with Gasteiger partial charge in [0.05, 0.1) is 12.2 Å². The lowest BCUT2D eigenvalue weighted by molar-refractivity contribution is -0.126. The van der Waals surface area contributed by atoms with Crippen LogP contribution in [0.5, 0.6) is 0 Å². The van der Waals surface area contributed by atoms with E-state index in [0.29, 0.717) is 12.5 Å². The van der Waals surface area contributed by atoms with Crippen molar-refractivity contribution < 1.29 is 4.79 Å². The maximum Gasteiger partial charge on any atom is 0.239 e. The largest absolute Gasteiger partial charge is 0.368 e. The second kappa shape index (κ2) is 6.18. The fourth-order valence-electron chi connectivity index (χ4n) is 3.26. The van der Waals surface area contributed by atoms with E-state index in [2.05, 4.69) is 31.2 Å². The van der Waals surface area contributed by atoms with Gasteiger partial charge in [-0.3, -0.25) is 9.48 Å². The van der Waals surface area contributed by atoms with E-state index < -0.39 is 5.54 Å². The van der Waals surface area contributed by atoms with Gasteiger partial charge in [-0.15, -0.1) is 0 Å². The van der Waals surface area contributed by atoms with Gasteiger partial charge in [-0.2, -0.15) is 5.10 Å². The highest BCUT2D eigenvalue weighted by Gasteiger charge is 2.50. The number of nitrogens with zero attached hydrogens (tertiary/aromatic N) is 2. The van der Waals surface area contributed by atoms with Crippen LogP contribution in [0.25, 0.3) is 0 Å². The van der Waals surface area contributed by atoms with Gasteiger partial charge in [0.2, 0.25) is 5.91 Å². The van der Waals surface area contributed by atoms with Crippen LogP contribution in [0.2, 0.25) is 0 Å². The molecule has 5 heteroatoms. The molecule has 1 saturated carbocycles. The minimum Gasteiger partial charge on any atom is -0.368 e. The first-order valence-corrected chi connectivity index (χ1v) is 8.04. The minimum atomic E-state index is -0.649. The Kier molecular flexibility index (Phi) is 4.71. The van der Waals surface area contributed by atoms with Crippen LogP contribution in [0.3, 0.4) is 0 Å². The molecule has 2 rings (SSSR count). The molecule has 1 aromatic heterocycles. The first kappa shape index (κ1) is 16.0. The summed E-state index contributed by atoms with van der Waals surface area (Å²) >= 11 is 0. The van der Waals surface area contributed by atoms with E-state index in [-0.39, 0.29) is 5.91 Å². The zero-order chi connectivity index (χ0) is 15.6. The number of aryl methyl sites for hydroxylation is 1. The standard InChI is InChI=1S/C16H28N4O/c1-5-9-18-16(15(17)21,13-7-8-13)10-20-12(4)14(6-2)11(3)19-20/h13,18H,5-10H2,1-4H3,(H2,17,21). The Bertz CT molecular complexity index is 519. The SMILES string of the molecule is CCCNC(Cn1nc(C)c(CC)c1C)(C(N)=O)C1CC1. The quantitative estimate of drug-likeness (QED) is 0.766. The summed E-state index contributed by atoms with van der Waals surface area (Å²) < 4.78 is 1.97. The smallest absolute Gasteiger partial charge is 0.239 e. The van der Waals surface area contributed by atoms with E-state index >= 15 is 0 Å². The summed E-state index contributed by atoms with van der Waals surface area (Å²) in [6, 6.07) is 0. The van der Waals surface area contributed by atoms with Crippen LogP contribution in [-0.4, -0.2) is 27.8 Å². The number of primary amides is 1. The van der Waals surface area contributed by atoms with Crippen molar-refractivity contribution in [3.63, 3.8) is 0 Å². The van der Waals surface area contributed by atoms with Gasteiger partial charge in [0.25, 0.3) is 0 Å². The van der Waals surface area contributed by atoms with Crippen LogP contribution < -0.4 is 11.1 Å². The van der Waals surface area contributed by atoms with Crippen molar-refractivity contribution in [1.29, 1.82) is 0 Å². The Hall–Kier alpha value is -1.36. The third kappa shape index (κ3) is 2.98. The number of carbonyl (C=O) groups is 1. The van der Waals surface area contributed by atoms with E-state index in [9.17, 15) is 4.79 Å². The maximum absolute atomic E-state index is 12.2. The first-order chi connectivity index (χ1) is 9.96. The minimum absolute atomic E-state index is 0.246. The van der Waals surface area contributed by atoms with E-state index in [1.54, 1.807) is 0 Å². The summed E-state index contributed by atoms with van der Waals surface area (Å²) in [6.45, 7) is 9.70. The van der Waals surface area contributed by atoms with Crippen LogP contribution >= 0.6 is 0 Å². The monoisotopic (exact) mass is 292 g/mol. The van der Waals surface area contributed by atoms with Gasteiger partial charge < -0.3 is 11.1 Å². The number of aromatic nitrogens is 2. The molecule has 1 fully saturated rings. The molecule has 1 aliphatic rings. The molecule has 21 heavy (non-hydrogen) atoms. The van der Waals surface area contributed by atoms with Crippen molar-refractivity contribution in [2.45, 2.75) is 65.5 Å². The van der Waals surface area contributed by atoms with Crippen LogP contribution in [-0.2, 0) is 17.8 Å². The molecular formula is C16H28N4O. The third-order valence-corrected chi connectivity index (χ3v) is 4.69. The molecule has 5 nitrogen and oxygen atoms in total. The Morgan fingerprint density at radius 2 is 2.10 bits per heavy atom. The van der Waals surface area contributed by atoms with Crippen molar-refractivity contribution in [2.75, 3.05) is 6.54 Å². The molecular weight excluding hydrogens is 264 g/mol. The molecule has 0 aliphatic heterocycles. The highest BCUT2D eigenvalue weighted by atomic mass is 16.1. The summed E-state index contributed by atoms with van der Waals surface area (Å²) in [5.41, 5.74) is 8.62. The van der Waals surface area contributed by atoms with Crippen molar-refractivity contribution in [2.24, 2.45) is 11.7 Å². The number of hydrogen-bond acceptors (Lipinski definition) is 3. The van der Waals surface area contributed by atoms with E-state index in [0.717, 1.165) is 43.6 Å². The number of nitrogens with two attached hydrogens (primary N) is 1. The van der Waals surface area contributed by atoms with Gasteiger partial charge in [0.15, 0.2) is 0 Å². The first-order valence-electron chi connectivity index (χ1n) is 8.04. The fourth-order valence-corrected chi connectivity index (χ4v) is 3.26. The van der Waals surface area contributed by atoms with Crippen LogP contribution in [0.1, 0.15) is 50.1 Å². The number of rotatable bonds is 8. The second-order valence-electron chi connectivity index (χ2n) is 6.20. The molecule has 3 N–H and O–H groups in total. The predicted molar refractivity (Wildman–Crippen MR) is 84.0 cm³/mol. The summed E-state index contributed by atoms with van der Waals surface area (Å²) in [5, 5.41) is 8.07. The average molecular weight is 292 g/mol. The Labute approximate surface area is 127 Å². The molecule has 1 atom stereocenters. The molecule has 0 bridgehead atoms. The number of amides is 1. The number of carbonyl (C=O) groups excluding carboxylic acids is 1. The molecule has 1 aromatic rings. The Morgan fingerprint density at radius 1 is 1.43 bits per heavy atom. The van der Waals surface area contributed by atoms with Crippen LogP contribution in [0.15, 0.2) is 0 Å². The lowest BCUT2D eigenvalue weighted by atomic mass is 9.91. The molecule has 0 saturated heterocycles. The van der Waals surface area contributed by atoms with E-state index in [1.807, 2.05) is 11.6 Å². The lowest BCUT2D eigenvalue weighted by Crippen LogP contribution is -2.60. The number of nitrogens with one attached hydrogen (secondary N) is 1. The molecule has 118 valence electrons. The zero-order valence-corrected chi connectivity index (χ0v) is 13.7. The highest BCUT2D eigenvalue weighted by molar-refractivity contribution is 5.85. The molecule has 1 heterocycles. The van der Waals surface area contributed by atoms with Crippen molar-refractivity contribution in [1.82, 2.24) is 15.1 Å². The van der Waals surface area contributed by atoms with Gasteiger partial charge in [-0.05, 0) is 57.6 Å². The third-order valence-electron chi connectivity index (χ3n) is 4.69. The Balaban J connectivity index is 2.32. The van der Waals surface area contributed by atoms with E-state index in [1.165, 1.54) is 5.56 Å². The fraction of sp³-hybridized carbons (Fsp3) is 0.750. The normalized spacial score (nSPS) is 17.7. The molecule has 0 aromatic carbocycles. The van der Waals surface area contributed by atoms with E-state index in [4.69, 9.17) is 5.73 Å².